The van der Waals surface area contributed by atoms with Crippen LogP contribution in [0.2, 0.25) is 0 Å². The number of aromatic nitrogens is 1. The van der Waals surface area contributed by atoms with E-state index in [-0.39, 0.29) is 18.2 Å². The SMILES string of the molecule is Cl.NCCNc1nccc2ccc(F)cc12. The van der Waals surface area contributed by atoms with Crippen LogP contribution in [0.15, 0.2) is 30.5 Å². The number of rotatable bonds is 3. The highest BCUT2D eigenvalue weighted by atomic mass is 35.5. The lowest BCUT2D eigenvalue weighted by atomic mass is 10.1. The molecule has 3 nitrogen and oxygen atoms in total. The van der Waals surface area contributed by atoms with Crippen molar-refractivity contribution in [3.05, 3.63) is 36.3 Å². The van der Waals surface area contributed by atoms with Crippen LogP contribution in [-0.2, 0) is 0 Å². The van der Waals surface area contributed by atoms with Crippen molar-refractivity contribution in [3.63, 3.8) is 0 Å². The van der Waals surface area contributed by atoms with Crippen LogP contribution in [0.25, 0.3) is 10.8 Å². The lowest BCUT2D eigenvalue weighted by molar-refractivity contribution is 0.629. The molecule has 1 aromatic carbocycles. The minimum Gasteiger partial charge on any atom is -0.368 e. The van der Waals surface area contributed by atoms with Gasteiger partial charge in [-0.3, -0.25) is 0 Å². The van der Waals surface area contributed by atoms with Gasteiger partial charge in [0.1, 0.15) is 11.6 Å². The predicted octanol–water partition coefficient (Wildman–Crippen LogP) is 2.17. The molecule has 0 fully saturated rings. The van der Waals surface area contributed by atoms with Gasteiger partial charge in [0.25, 0.3) is 0 Å². The average molecular weight is 242 g/mol. The smallest absolute Gasteiger partial charge is 0.133 e. The van der Waals surface area contributed by atoms with Crippen molar-refractivity contribution in [1.82, 2.24) is 4.98 Å². The molecule has 0 aliphatic carbocycles. The summed E-state index contributed by atoms with van der Waals surface area (Å²) in [7, 11) is 0. The Morgan fingerprint density at radius 1 is 1.31 bits per heavy atom. The van der Waals surface area contributed by atoms with Crippen molar-refractivity contribution in [2.45, 2.75) is 0 Å². The molecule has 0 saturated carbocycles. The summed E-state index contributed by atoms with van der Waals surface area (Å²) >= 11 is 0. The Morgan fingerprint density at radius 3 is 2.88 bits per heavy atom. The van der Waals surface area contributed by atoms with Gasteiger partial charge in [0.05, 0.1) is 0 Å². The van der Waals surface area contributed by atoms with E-state index in [0.717, 1.165) is 10.8 Å². The number of pyridine rings is 1. The molecule has 0 saturated heterocycles. The Balaban J connectivity index is 0.00000128. The molecule has 0 aliphatic heterocycles. The molecule has 0 aliphatic rings. The molecule has 0 amide bonds. The van der Waals surface area contributed by atoms with Crippen molar-refractivity contribution in [3.8, 4) is 0 Å². The number of nitrogens with zero attached hydrogens (tertiary/aromatic N) is 1. The predicted molar refractivity (Wildman–Crippen MR) is 66.5 cm³/mol. The Morgan fingerprint density at radius 2 is 2.12 bits per heavy atom. The van der Waals surface area contributed by atoms with Crippen LogP contribution in [-0.4, -0.2) is 18.1 Å². The van der Waals surface area contributed by atoms with Crippen molar-refractivity contribution >= 4 is 29.0 Å². The summed E-state index contributed by atoms with van der Waals surface area (Å²) in [5.74, 6) is 0.420. The maximum Gasteiger partial charge on any atom is 0.133 e. The molecule has 0 unspecified atom stereocenters. The number of hydrogen-bond donors (Lipinski definition) is 2. The highest BCUT2D eigenvalue weighted by Crippen LogP contribution is 2.21. The van der Waals surface area contributed by atoms with Gasteiger partial charge in [-0.15, -0.1) is 12.4 Å². The van der Waals surface area contributed by atoms with Gasteiger partial charge in [-0.1, -0.05) is 6.07 Å². The van der Waals surface area contributed by atoms with Gasteiger partial charge < -0.3 is 11.1 Å². The zero-order valence-corrected chi connectivity index (χ0v) is 9.43. The van der Waals surface area contributed by atoms with Crippen molar-refractivity contribution in [1.29, 1.82) is 0 Å². The number of nitrogens with two attached hydrogens (primary N) is 1. The second kappa shape index (κ2) is 5.63. The van der Waals surface area contributed by atoms with Crippen molar-refractivity contribution < 1.29 is 4.39 Å². The first-order chi connectivity index (χ1) is 7.31. The van der Waals surface area contributed by atoms with Crippen LogP contribution in [0.1, 0.15) is 0 Å². The molecule has 2 rings (SSSR count). The molecule has 0 bridgehead atoms. The summed E-state index contributed by atoms with van der Waals surface area (Å²) < 4.78 is 13.1. The number of fused-ring (bicyclic) bond motifs is 1. The molecule has 1 heterocycles. The van der Waals surface area contributed by atoms with E-state index in [1.807, 2.05) is 6.07 Å². The maximum absolute atomic E-state index is 13.1. The van der Waals surface area contributed by atoms with E-state index in [0.29, 0.717) is 18.9 Å². The van der Waals surface area contributed by atoms with E-state index in [1.165, 1.54) is 12.1 Å². The summed E-state index contributed by atoms with van der Waals surface area (Å²) in [4.78, 5) is 4.15. The molecule has 1 aromatic heterocycles. The fourth-order valence-corrected chi connectivity index (χ4v) is 1.47. The summed E-state index contributed by atoms with van der Waals surface area (Å²) in [6, 6.07) is 6.50. The molecule has 0 spiro atoms. The lowest BCUT2D eigenvalue weighted by Crippen LogP contribution is -2.14. The Bertz CT molecular complexity index is 476. The summed E-state index contributed by atoms with van der Waals surface area (Å²) in [5.41, 5.74) is 5.39. The Kier molecular flexibility index (Phi) is 4.46. The largest absolute Gasteiger partial charge is 0.368 e. The minimum atomic E-state index is -0.258. The normalized spacial score (nSPS) is 9.88. The van der Waals surface area contributed by atoms with Crippen LogP contribution in [0.5, 0.6) is 0 Å². The number of hydrogen-bond acceptors (Lipinski definition) is 3. The maximum atomic E-state index is 13.1. The summed E-state index contributed by atoms with van der Waals surface area (Å²) in [6.07, 6.45) is 1.69. The van der Waals surface area contributed by atoms with E-state index < -0.39 is 0 Å². The quantitative estimate of drug-likeness (QED) is 0.866. The van der Waals surface area contributed by atoms with Crippen LogP contribution in [0.3, 0.4) is 0 Å². The molecule has 0 atom stereocenters. The van der Waals surface area contributed by atoms with Crippen molar-refractivity contribution in [2.75, 3.05) is 18.4 Å². The molecular formula is C11H13ClFN3. The van der Waals surface area contributed by atoms with Gasteiger partial charge in [-0.2, -0.15) is 0 Å². The van der Waals surface area contributed by atoms with Gasteiger partial charge in [-0.05, 0) is 23.6 Å². The number of anilines is 1. The highest BCUT2D eigenvalue weighted by molar-refractivity contribution is 5.91. The van der Waals surface area contributed by atoms with Crippen LogP contribution >= 0.6 is 12.4 Å². The molecule has 2 aromatic rings. The lowest BCUT2D eigenvalue weighted by Gasteiger charge is -2.07. The van der Waals surface area contributed by atoms with E-state index >= 15 is 0 Å². The van der Waals surface area contributed by atoms with E-state index in [9.17, 15) is 4.39 Å². The fraction of sp³-hybridized carbons (Fsp3) is 0.182. The zero-order valence-electron chi connectivity index (χ0n) is 8.61. The molecule has 3 N–H and O–H groups in total. The Hall–Kier alpha value is -1.39. The standard InChI is InChI=1S/C11H12FN3.ClH/c12-9-2-1-8-3-5-14-11(10(8)7-9)15-6-4-13;/h1-3,5,7H,4,6,13H2,(H,14,15);1H. The summed E-state index contributed by atoms with van der Waals surface area (Å²) in [6.45, 7) is 1.15. The second-order valence-corrected chi connectivity index (χ2v) is 3.24. The highest BCUT2D eigenvalue weighted by Gasteiger charge is 2.02. The number of nitrogens with one attached hydrogen (secondary N) is 1. The van der Waals surface area contributed by atoms with Gasteiger partial charge in [0, 0.05) is 24.7 Å². The minimum absolute atomic E-state index is 0. The molecular weight excluding hydrogens is 229 g/mol. The van der Waals surface area contributed by atoms with Crippen molar-refractivity contribution in [2.24, 2.45) is 5.73 Å². The first-order valence-corrected chi connectivity index (χ1v) is 4.79. The second-order valence-electron chi connectivity index (χ2n) is 3.24. The third kappa shape index (κ3) is 2.59. The number of halogens is 2. The first kappa shape index (κ1) is 12.7. The Labute approximate surface area is 99.3 Å². The first-order valence-electron chi connectivity index (χ1n) is 4.79. The van der Waals surface area contributed by atoms with E-state index in [4.69, 9.17) is 5.73 Å². The third-order valence-corrected chi connectivity index (χ3v) is 2.16. The van der Waals surface area contributed by atoms with Crippen LogP contribution < -0.4 is 11.1 Å². The molecule has 16 heavy (non-hydrogen) atoms. The zero-order chi connectivity index (χ0) is 10.7. The molecule has 86 valence electrons. The monoisotopic (exact) mass is 241 g/mol. The van der Waals surface area contributed by atoms with Gasteiger partial charge in [-0.25, -0.2) is 9.37 Å². The topological polar surface area (TPSA) is 50.9 Å². The van der Waals surface area contributed by atoms with Gasteiger partial charge >= 0.3 is 0 Å². The van der Waals surface area contributed by atoms with E-state index in [2.05, 4.69) is 10.3 Å². The average Bonchev–Trinajstić information content (AvgIpc) is 2.26. The molecule has 5 heteroatoms. The van der Waals surface area contributed by atoms with Gasteiger partial charge in [0.2, 0.25) is 0 Å². The third-order valence-electron chi connectivity index (χ3n) is 2.16. The van der Waals surface area contributed by atoms with Crippen LogP contribution in [0, 0.1) is 5.82 Å². The van der Waals surface area contributed by atoms with Gasteiger partial charge in [0.15, 0.2) is 0 Å². The van der Waals surface area contributed by atoms with E-state index in [1.54, 1.807) is 12.3 Å². The fourth-order valence-electron chi connectivity index (χ4n) is 1.47. The van der Waals surface area contributed by atoms with Crippen LogP contribution in [0.4, 0.5) is 10.2 Å². The number of benzene rings is 1. The molecule has 0 radical (unpaired) electrons. The summed E-state index contributed by atoms with van der Waals surface area (Å²) in [5, 5.41) is 4.81.